The van der Waals surface area contributed by atoms with E-state index in [2.05, 4.69) is 16.1 Å². The van der Waals surface area contributed by atoms with Crippen LogP contribution in [0.3, 0.4) is 0 Å². The Bertz CT molecular complexity index is 223. The van der Waals surface area contributed by atoms with Crippen molar-refractivity contribution in [1.29, 1.82) is 0 Å². The molecule has 0 fully saturated rings. The molecule has 0 amide bonds. The SMILES string of the molecule is C=CC(=O)OC(=O)CC(=O)OC.[MgH2]. The summed E-state index contributed by atoms with van der Waals surface area (Å²) in [6.07, 6.45) is 0.255. The highest BCUT2D eigenvalue weighted by Crippen LogP contribution is 1.90. The predicted molar refractivity (Wildman–Crippen MR) is 46.5 cm³/mol. The second-order valence-corrected chi connectivity index (χ2v) is 1.75. The number of rotatable bonds is 3. The Labute approximate surface area is 91.2 Å². The first kappa shape index (κ1) is 14.6. The molecule has 0 saturated heterocycles. The average Bonchev–Trinajstić information content (AvgIpc) is 2.03. The number of hydrogen-bond donors (Lipinski definition) is 0. The third-order valence-corrected chi connectivity index (χ3v) is 0.897. The van der Waals surface area contributed by atoms with Gasteiger partial charge in [-0.2, -0.15) is 0 Å². The quantitative estimate of drug-likeness (QED) is 0.249. The first-order valence-corrected chi connectivity index (χ1v) is 3.04. The Kier molecular flexibility index (Phi) is 8.72. The molecule has 0 rings (SSSR count). The predicted octanol–water partition coefficient (Wildman–Crippen LogP) is -1.11. The maximum absolute atomic E-state index is 10.6. The van der Waals surface area contributed by atoms with Gasteiger partial charge in [0, 0.05) is 6.08 Å². The molecule has 70 valence electrons. The van der Waals surface area contributed by atoms with Crippen LogP contribution in [-0.2, 0) is 23.9 Å². The lowest BCUT2D eigenvalue weighted by molar-refractivity contribution is -0.159. The first-order valence-electron chi connectivity index (χ1n) is 3.04. The van der Waals surface area contributed by atoms with Gasteiger partial charge >= 0.3 is 41.0 Å². The van der Waals surface area contributed by atoms with Crippen LogP contribution in [0.5, 0.6) is 0 Å². The smallest absolute Gasteiger partial charge is 0.337 e. The lowest BCUT2D eigenvalue weighted by Gasteiger charge is -1.97. The van der Waals surface area contributed by atoms with Crippen LogP contribution in [0.1, 0.15) is 6.42 Å². The van der Waals surface area contributed by atoms with E-state index in [1.807, 2.05) is 0 Å². The van der Waals surface area contributed by atoms with Crippen molar-refractivity contribution in [2.45, 2.75) is 6.42 Å². The van der Waals surface area contributed by atoms with Gasteiger partial charge in [-0.1, -0.05) is 6.58 Å². The van der Waals surface area contributed by atoms with E-state index >= 15 is 0 Å². The molecule has 6 heteroatoms. The lowest BCUT2D eigenvalue weighted by atomic mass is 10.4. The fourth-order valence-corrected chi connectivity index (χ4v) is 0.380. The minimum Gasteiger partial charge on any atom is -0.469 e. The van der Waals surface area contributed by atoms with Gasteiger partial charge in [0.1, 0.15) is 6.42 Å². The number of carbonyl (C=O) groups excluding carboxylic acids is 3. The monoisotopic (exact) mass is 198 g/mol. The molecule has 0 saturated carbocycles. The second-order valence-electron chi connectivity index (χ2n) is 1.75. The molecule has 0 bridgehead atoms. The van der Waals surface area contributed by atoms with Crippen LogP contribution in [0.4, 0.5) is 0 Å². The summed E-state index contributed by atoms with van der Waals surface area (Å²) in [5.41, 5.74) is 0. The van der Waals surface area contributed by atoms with Gasteiger partial charge in [0.05, 0.1) is 7.11 Å². The van der Waals surface area contributed by atoms with Crippen molar-refractivity contribution in [2.24, 2.45) is 0 Å². The van der Waals surface area contributed by atoms with Crippen LogP contribution in [0, 0.1) is 0 Å². The zero-order valence-corrected chi connectivity index (χ0v) is 6.53. The second kappa shape index (κ2) is 7.75. The van der Waals surface area contributed by atoms with Crippen LogP contribution >= 0.6 is 0 Å². The van der Waals surface area contributed by atoms with Crippen LogP contribution in [-0.4, -0.2) is 48.1 Å². The van der Waals surface area contributed by atoms with Gasteiger partial charge < -0.3 is 9.47 Å². The molecular weight excluding hydrogens is 188 g/mol. The van der Waals surface area contributed by atoms with Crippen LogP contribution < -0.4 is 0 Å². The van der Waals surface area contributed by atoms with Gasteiger partial charge in [-0.05, 0) is 0 Å². The molecule has 5 nitrogen and oxygen atoms in total. The molecule has 0 aliphatic heterocycles. The summed E-state index contributed by atoms with van der Waals surface area (Å²) in [7, 11) is 1.13. The van der Waals surface area contributed by atoms with Crippen molar-refractivity contribution in [1.82, 2.24) is 0 Å². The van der Waals surface area contributed by atoms with E-state index in [-0.39, 0.29) is 23.1 Å². The number of methoxy groups -OCH3 is 1. The molecule has 0 aromatic heterocycles. The maximum atomic E-state index is 10.6. The Hall–Kier alpha value is -0.884. The van der Waals surface area contributed by atoms with Gasteiger partial charge in [0.15, 0.2) is 0 Å². The Morgan fingerprint density at radius 1 is 1.31 bits per heavy atom. The molecule has 0 radical (unpaired) electrons. The van der Waals surface area contributed by atoms with E-state index in [0.717, 1.165) is 13.2 Å². The normalized spacial score (nSPS) is 7.77. The molecule has 0 N–H and O–H groups in total. The Morgan fingerprint density at radius 2 is 1.85 bits per heavy atom. The molecule has 13 heavy (non-hydrogen) atoms. The van der Waals surface area contributed by atoms with Gasteiger partial charge in [0.2, 0.25) is 0 Å². The molecule has 0 aromatic carbocycles. The van der Waals surface area contributed by atoms with Crippen molar-refractivity contribution in [3.63, 3.8) is 0 Å². The maximum Gasteiger partial charge on any atom is 0.337 e. The summed E-state index contributed by atoms with van der Waals surface area (Å²) in [6.45, 7) is 3.07. The van der Waals surface area contributed by atoms with Gasteiger partial charge in [-0.3, -0.25) is 9.59 Å². The van der Waals surface area contributed by atoms with Crippen molar-refractivity contribution in [3.05, 3.63) is 12.7 Å². The standard InChI is InChI=1S/C7H8O5.Mg.2H/c1-3-5(8)12-7(10)4-6(9)11-2;;;/h3H,1,4H2,2H3;;;. The molecule has 0 unspecified atom stereocenters. The fourth-order valence-electron chi connectivity index (χ4n) is 0.380. The van der Waals surface area contributed by atoms with Gasteiger partial charge in [-0.25, -0.2) is 4.79 Å². The molecule has 0 aromatic rings. The van der Waals surface area contributed by atoms with Gasteiger partial charge in [0.25, 0.3) is 0 Å². The van der Waals surface area contributed by atoms with Crippen molar-refractivity contribution >= 4 is 41.0 Å². The highest BCUT2D eigenvalue weighted by atomic mass is 24.3. The summed E-state index contributed by atoms with van der Waals surface area (Å²) in [4.78, 5) is 31.4. The van der Waals surface area contributed by atoms with E-state index in [9.17, 15) is 14.4 Å². The van der Waals surface area contributed by atoms with E-state index in [0.29, 0.717) is 0 Å². The zero-order valence-electron chi connectivity index (χ0n) is 6.53. The average molecular weight is 198 g/mol. The zero-order chi connectivity index (χ0) is 9.56. The van der Waals surface area contributed by atoms with Crippen LogP contribution in [0.2, 0.25) is 0 Å². The molecule has 0 aliphatic carbocycles. The number of ether oxygens (including phenoxy) is 2. The minimum atomic E-state index is -0.952. The third kappa shape index (κ3) is 7.48. The summed E-state index contributed by atoms with van der Waals surface area (Å²) in [6, 6.07) is 0. The molecular formula is C7H10MgO5. The first-order chi connectivity index (χ1) is 5.60. The number of esters is 3. The van der Waals surface area contributed by atoms with E-state index in [1.165, 1.54) is 0 Å². The van der Waals surface area contributed by atoms with Crippen molar-refractivity contribution < 1.29 is 23.9 Å². The highest BCUT2D eigenvalue weighted by molar-refractivity contribution is 5.98. The minimum absolute atomic E-state index is 0. The Balaban J connectivity index is 0. The summed E-state index contributed by atoms with van der Waals surface area (Å²) in [5, 5.41) is 0. The van der Waals surface area contributed by atoms with E-state index < -0.39 is 24.3 Å². The summed E-state index contributed by atoms with van der Waals surface area (Å²) < 4.78 is 8.23. The fraction of sp³-hybridized carbons (Fsp3) is 0.286. The van der Waals surface area contributed by atoms with Crippen LogP contribution in [0.15, 0.2) is 12.7 Å². The Morgan fingerprint density at radius 3 is 2.23 bits per heavy atom. The van der Waals surface area contributed by atoms with E-state index in [1.54, 1.807) is 0 Å². The summed E-state index contributed by atoms with van der Waals surface area (Å²) in [5.74, 6) is -2.59. The van der Waals surface area contributed by atoms with E-state index in [4.69, 9.17) is 0 Å². The number of carbonyl (C=O) groups is 3. The lowest BCUT2D eigenvalue weighted by Crippen LogP contribution is -2.15. The largest absolute Gasteiger partial charge is 0.469 e. The van der Waals surface area contributed by atoms with Crippen molar-refractivity contribution in [3.8, 4) is 0 Å². The molecule has 0 atom stereocenters. The number of hydrogen-bond acceptors (Lipinski definition) is 5. The molecule has 0 heterocycles. The van der Waals surface area contributed by atoms with Gasteiger partial charge in [-0.15, -0.1) is 0 Å². The summed E-state index contributed by atoms with van der Waals surface area (Å²) >= 11 is 0. The highest BCUT2D eigenvalue weighted by Gasteiger charge is 2.12. The van der Waals surface area contributed by atoms with Crippen molar-refractivity contribution in [2.75, 3.05) is 7.11 Å². The molecule has 0 aliphatic rings. The topological polar surface area (TPSA) is 69.7 Å². The third-order valence-electron chi connectivity index (χ3n) is 0.897. The van der Waals surface area contributed by atoms with Crippen LogP contribution in [0.25, 0.3) is 0 Å². The molecule has 0 spiro atoms.